The van der Waals surface area contributed by atoms with E-state index in [1.165, 1.54) is 5.56 Å². The summed E-state index contributed by atoms with van der Waals surface area (Å²) in [5.41, 5.74) is 1.29. The maximum atomic E-state index is 8.89. The normalized spacial score (nSPS) is 7.08. The molecule has 2 nitrogen and oxygen atoms in total. The van der Waals surface area contributed by atoms with Crippen molar-refractivity contribution in [3.8, 4) is 0 Å². The van der Waals surface area contributed by atoms with Crippen molar-refractivity contribution in [3.63, 3.8) is 0 Å². The first-order valence-corrected chi connectivity index (χ1v) is 3.10. The minimum Gasteiger partial charge on any atom is -0.503 e. The third-order valence-electron chi connectivity index (χ3n) is 0.885. The third-order valence-corrected chi connectivity index (χ3v) is 0.885. The van der Waals surface area contributed by atoms with Crippen LogP contribution in [0, 0.1) is 19.9 Å². The topological polar surface area (TPSA) is 37.3 Å². The van der Waals surface area contributed by atoms with Gasteiger partial charge in [0, 0.05) is 0 Å². The zero-order chi connectivity index (χ0) is 8.69. The first kappa shape index (κ1) is 13.8. The summed E-state index contributed by atoms with van der Waals surface area (Å²) in [5.74, 6) is -1.08. The Labute approximate surface area is 86.9 Å². The van der Waals surface area contributed by atoms with E-state index >= 15 is 0 Å². The molecule has 1 N–H and O–H groups in total. The standard InChI is InChI=1S/C7H7.C2H3O2.W/c1-7-5-3-2-4-6-7;1-2(3)4;/h3-6H,1H3;1H2,(H,3,4);/q2*-1;+2. The van der Waals surface area contributed by atoms with Crippen molar-refractivity contribution in [1.82, 2.24) is 0 Å². The predicted molar refractivity (Wildman–Crippen MR) is 43.0 cm³/mol. The van der Waals surface area contributed by atoms with Crippen molar-refractivity contribution in [2.75, 3.05) is 0 Å². The van der Waals surface area contributed by atoms with Gasteiger partial charge in [0.1, 0.15) is 0 Å². The summed E-state index contributed by atoms with van der Waals surface area (Å²) in [6, 6.07) is 10.8. The zero-order valence-electron chi connectivity index (χ0n) is 6.78. The van der Waals surface area contributed by atoms with Gasteiger partial charge in [0.2, 0.25) is 0 Å². The number of carbonyl (C=O) groups is 1. The molecule has 1 aromatic carbocycles. The summed E-state index contributed by atoms with van der Waals surface area (Å²) in [5, 5.41) is 7.31. The number of aliphatic carboxylic acids is 1. The van der Waals surface area contributed by atoms with Crippen LogP contribution in [0.4, 0.5) is 0 Å². The molecule has 0 aromatic heterocycles. The largest absolute Gasteiger partial charge is 2.00 e. The van der Waals surface area contributed by atoms with Crippen LogP contribution in [-0.4, -0.2) is 11.1 Å². The molecular formula is C9H10O2W. The van der Waals surface area contributed by atoms with Gasteiger partial charge in [-0.2, -0.15) is 35.9 Å². The average molecular weight is 334 g/mol. The molecule has 0 bridgehead atoms. The van der Waals surface area contributed by atoms with Gasteiger partial charge in [-0.15, -0.1) is 0 Å². The van der Waals surface area contributed by atoms with Crippen LogP contribution in [0.3, 0.4) is 0 Å². The van der Waals surface area contributed by atoms with E-state index in [0.717, 1.165) is 0 Å². The van der Waals surface area contributed by atoms with Gasteiger partial charge in [-0.05, 0) is 0 Å². The number of rotatable bonds is 0. The minimum absolute atomic E-state index is 0. The van der Waals surface area contributed by atoms with Crippen LogP contribution < -0.4 is 0 Å². The fraction of sp³-hybridized carbons (Fsp3) is 0.111. The number of carboxylic acids is 1. The maximum absolute atomic E-state index is 8.89. The molecule has 1 aromatic rings. The average Bonchev–Trinajstić information content (AvgIpc) is 1.87. The Kier molecular flexibility index (Phi) is 9.61. The van der Waals surface area contributed by atoms with Crippen molar-refractivity contribution >= 4 is 5.97 Å². The monoisotopic (exact) mass is 334 g/mol. The van der Waals surface area contributed by atoms with Crippen molar-refractivity contribution in [3.05, 3.63) is 42.8 Å². The Hall–Kier alpha value is -0.752. The molecule has 64 valence electrons. The summed E-state index contributed by atoms with van der Waals surface area (Å²) in [6.07, 6.45) is 0. The Morgan fingerprint density at radius 3 is 2.00 bits per heavy atom. The van der Waals surface area contributed by atoms with Crippen molar-refractivity contribution < 1.29 is 31.0 Å². The number of hydrogen-bond acceptors (Lipinski definition) is 1. The maximum Gasteiger partial charge on any atom is 2.00 e. The molecule has 0 aliphatic heterocycles. The van der Waals surface area contributed by atoms with E-state index in [4.69, 9.17) is 9.90 Å². The van der Waals surface area contributed by atoms with Gasteiger partial charge in [-0.25, -0.2) is 0 Å². The van der Waals surface area contributed by atoms with E-state index in [2.05, 4.69) is 19.9 Å². The molecule has 0 radical (unpaired) electrons. The zero-order valence-corrected chi connectivity index (χ0v) is 9.71. The Balaban J connectivity index is 0. The fourth-order valence-corrected chi connectivity index (χ4v) is 0.470. The molecule has 3 heteroatoms. The van der Waals surface area contributed by atoms with E-state index in [1.54, 1.807) is 0 Å². The van der Waals surface area contributed by atoms with Gasteiger partial charge < -0.3 is 5.11 Å². The second-order valence-electron chi connectivity index (χ2n) is 1.97. The second kappa shape index (κ2) is 8.35. The van der Waals surface area contributed by atoms with Crippen LogP contribution in [0.2, 0.25) is 0 Å². The molecule has 12 heavy (non-hydrogen) atoms. The molecular weight excluding hydrogens is 324 g/mol. The van der Waals surface area contributed by atoms with Crippen molar-refractivity contribution in [2.45, 2.75) is 6.92 Å². The quantitative estimate of drug-likeness (QED) is 0.734. The van der Waals surface area contributed by atoms with Crippen LogP contribution in [0.25, 0.3) is 0 Å². The molecule has 1 rings (SSSR count). The molecule has 0 saturated heterocycles. The summed E-state index contributed by atoms with van der Waals surface area (Å²) in [6.45, 7) is 4.62. The van der Waals surface area contributed by atoms with E-state index in [9.17, 15) is 0 Å². The Morgan fingerprint density at radius 1 is 1.50 bits per heavy atom. The summed E-state index contributed by atoms with van der Waals surface area (Å²) >= 11 is 0. The Morgan fingerprint density at radius 2 is 1.83 bits per heavy atom. The van der Waals surface area contributed by atoms with Gasteiger partial charge in [-0.1, -0.05) is 6.92 Å². The molecule has 0 aliphatic rings. The van der Waals surface area contributed by atoms with E-state index in [1.807, 2.05) is 24.3 Å². The molecule has 0 saturated carbocycles. The number of aryl methyl sites for hydroxylation is 1. The number of carboxylic acid groups (broad SMARTS) is 1. The number of hydrogen-bond donors (Lipinski definition) is 1. The summed E-state index contributed by atoms with van der Waals surface area (Å²) in [4.78, 5) is 8.89. The van der Waals surface area contributed by atoms with Crippen molar-refractivity contribution in [1.29, 1.82) is 0 Å². The summed E-state index contributed by atoms with van der Waals surface area (Å²) < 4.78 is 0. The molecule has 0 unspecified atom stereocenters. The Bertz CT molecular complexity index is 205. The first-order valence-electron chi connectivity index (χ1n) is 3.10. The molecule has 0 heterocycles. The smallest absolute Gasteiger partial charge is 0.503 e. The first-order chi connectivity index (χ1) is 5.13. The fourth-order valence-electron chi connectivity index (χ4n) is 0.470. The van der Waals surface area contributed by atoms with Gasteiger partial charge >= 0.3 is 21.1 Å². The minimum atomic E-state index is -1.08. The predicted octanol–water partition coefficient (Wildman–Crippen LogP) is 1.70. The SMILES string of the molecule is Cc1cc[c-]cc1.[CH2-]C(=O)O.[W+2]. The third kappa shape index (κ3) is 12.0. The van der Waals surface area contributed by atoms with Gasteiger partial charge in [0.05, 0.1) is 0 Å². The molecule has 0 amide bonds. The van der Waals surface area contributed by atoms with E-state index in [0.29, 0.717) is 0 Å². The summed E-state index contributed by atoms with van der Waals surface area (Å²) in [7, 11) is 0. The van der Waals surface area contributed by atoms with Crippen LogP contribution in [0.1, 0.15) is 5.56 Å². The van der Waals surface area contributed by atoms with Crippen LogP contribution >= 0.6 is 0 Å². The van der Waals surface area contributed by atoms with Gasteiger partial charge in [-0.3, -0.25) is 11.7 Å². The van der Waals surface area contributed by atoms with Gasteiger partial charge in [0.15, 0.2) is 5.97 Å². The molecule has 0 fully saturated rings. The second-order valence-corrected chi connectivity index (χ2v) is 1.97. The van der Waals surface area contributed by atoms with Gasteiger partial charge in [0.25, 0.3) is 0 Å². The van der Waals surface area contributed by atoms with E-state index < -0.39 is 5.97 Å². The van der Waals surface area contributed by atoms with Crippen molar-refractivity contribution in [2.24, 2.45) is 0 Å². The molecule has 0 atom stereocenters. The van der Waals surface area contributed by atoms with E-state index in [-0.39, 0.29) is 21.1 Å². The van der Waals surface area contributed by atoms with Crippen LogP contribution in [0.15, 0.2) is 24.3 Å². The van der Waals surface area contributed by atoms with Crippen LogP contribution in [0.5, 0.6) is 0 Å². The van der Waals surface area contributed by atoms with Crippen LogP contribution in [-0.2, 0) is 25.9 Å². The molecule has 0 spiro atoms. The number of benzene rings is 1. The molecule has 0 aliphatic carbocycles.